The largest absolute Gasteiger partial charge is 0.375 e. The minimum atomic E-state index is 0.419. The fourth-order valence-corrected chi connectivity index (χ4v) is 4.19. The van der Waals surface area contributed by atoms with Crippen LogP contribution in [0, 0.1) is 5.92 Å². The van der Waals surface area contributed by atoms with Crippen LogP contribution < -0.4 is 5.32 Å². The van der Waals surface area contributed by atoms with Gasteiger partial charge in [0.05, 0.1) is 28.6 Å². The molecule has 2 fully saturated rings. The summed E-state index contributed by atoms with van der Waals surface area (Å²) in [6.45, 7) is 2.09. The maximum atomic E-state index is 6.47. The highest BCUT2D eigenvalue weighted by atomic mass is 35.5. The summed E-state index contributed by atoms with van der Waals surface area (Å²) in [5.74, 6) is 0.606. The molecule has 1 aromatic rings. The molecule has 2 saturated heterocycles. The number of ether oxygens (including phenoxy) is 1. The van der Waals surface area contributed by atoms with E-state index in [0.717, 1.165) is 29.3 Å². The summed E-state index contributed by atoms with van der Waals surface area (Å²) in [4.78, 5) is 0. The van der Waals surface area contributed by atoms with E-state index < -0.39 is 0 Å². The van der Waals surface area contributed by atoms with E-state index in [1.807, 2.05) is 18.8 Å². The Morgan fingerprint density at radius 3 is 2.80 bits per heavy atom. The fraction of sp³-hybridized carbons (Fsp3) is 0.800. The zero-order valence-electron chi connectivity index (χ0n) is 12.5. The topological polar surface area (TPSA) is 39.1 Å². The monoisotopic (exact) mass is 297 g/mol. The molecule has 2 aliphatic heterocycles. The van der Waals surface area contributed by atoms with Gasteiger partial charge in [0.1, 0.15) is 0 Å². The van der Waals surface area contributed by atoms with Crippen LogP contribution in [0.3, 0.4) is 0 Å². The molecular weight excluding hydrogens is 274 g/mol. The van der Waals surface area contributed by atoms with Gasteiger partial charge in [-0.2, -0.15) is 5.10 Å². The van der Waals surface area contributed by atoms with Gasteiger partial charge < -0.3 is 10.1 Å². The zero-order valence-corrected chi connectivity index (χ0v) is 13.3. The number of fused-ring (bicyclic) bond motifs is 2. The summed E-state index contributed by atoms with van der Waals surface area (Å²) >= 11 is 6.47. The van der Waals surface area contributed by atoms with Gasteiger partial charge in [0.2, 0.25) is 0 Å². The molecule has 1 N–H and O–H groups in total. The Hall–Kier alpha value is -0.580. The predicted octanol–water partition coefficient (Wildman–Crippen LogP) is 2.33. The number of hydrogen-bond donors (Lipinski definition) is 1. The van der Waals surface area contributed by atoms with Crippen LogP contribution in [-0.2, 0) is 24.6 Å². The first-order valence-electron chi connectivity index (χ1n) is 7.67. The lowest BCUT2D eigenvalue weighted by atomic mass is 9.82. The van der Waals surface area contributed by atoms with Crippen molar-refractivity contribution in [1.29, 1.82) is 0 Å². The van der Waals surface area contributed by atoms with E-state index in [2.05, 4.69) is 17.3 Å². The highest BCUT2D eigenvalue weighted by molar-refractivity contribution is 6.31. The fourth-order valence-electron chi connectivity index (χ4n) is 3.82. The molecular formula is C15H24ClN3O. The van der Waals surface area contributed by atoms with Gasteiger partial charge in [-0.25, -0.2) is 0 Å². The van der Waals surface area contributed by atoms with E-state index in [1.54, 1.807) is 0 Å². The van der Waals surface area contributed by atoms with Crippen molar-refractivity contribution in [2.75, 3.05) is 7.05 Å². The average Bonchev–Trinajstić information content (AvgIpc) is 3.13. The minimum Gasteiger partial charge on any atom is -0.375 e. The molecule has 3 heterocycles. The van der Waals surface area contributed by atoms with Crippen molar-refractivity contribution < 1.29 is 4.74 Å². The van der Waals surface area contributed by atoms with E-state index in [1.165, 1.54) is 19.3 Å². The number of likely N-dealkylation sites (N-methyl/N-ethyl adjacent to an activating group) is 1. The number of rotatable bonds is 5. The summed E-state index contributed by atoms with van der Waals surface area (Å²) in [7, 11) is 4.03. The van der Waals surface area contributed by atoms with Crippen molar-refractivity contribution in [3.8, 4) is 0 Å². The van der Waals surface area contributed by atoms with Crippen LogP contribution in [0.4, 0.5) is 0 Å². The smallest absolute Gasteiger partial charge is 0.0850 e. The Morgan fingerprint density at radius 1 is 1.50 bits per heavy atom. The van der Waals surface area contributed by atoms with Crippen LogP contribution in [0.5, 0.6) is 0 Å². The number of nitrogens with zero attached hydrogens (tertiary/aromatic N) is 2. The lowest BCUT2D eigenvalue weighted by molar-refractivity contribution is 0.0862. The minimum absolute atomic E-state index is 0.419. The Bertz CT molecular complexity index is 488. The normalized spacial score (nSPS) is 30.1. The molecule has 20 heavy (non-hydrogen) atoms. The molecule has 0 radical (unpaired) electrons. The van der Waals surface area contributed by atoms with E-state index in [9.17, 15) is 0 Å². The molecule has 5 heteroatoms. The third-order valence-electron chi connectivity index (χ3n) is 4.96. The Balaban J connectivity index is 1.77. The highest BCUT2D eigenvalue weighted by Crippen LogP contribution is 2.41. The predicted molar refractivity (Wildman–Crippen MR) is 80.1 cm³/mol. The molecule has 1 aromatic heterocycles. The molecule has 0 spiro atoms. The van der Waals surface area contributed by atoms with Gasteiger partial charge in [0, 0.05) is 25.4 Å². The van der Waals surface area contributed by atoms with Gasteiger partial charge in [0.25, 0.3) is 0 Å². The Morgan fingerprint density at radius 2 is 2.30 bits per heavy atom. The summed E-state index contributed by atoms with van der Waals surface area (Å²) in [5.41, 5.74) is 2.15. The van der Waals surface area contributed by atoms with Gasteiger partial charge in [0.15, 0.2) is 0 Å². The molecule has 2 bridgehead atoms. The highest BCUT2D eigenvalue weighted by Gasteiger charge is 2.44. The Labute approximate surface area is 125 Å². The SMILES string of the molecule is CCc1nn(C)c(CC(NC)C2CC3CCC2O3)c1Cl. The molecule has 4 atom stereocenters. The second-order valence-corrected chi connectivity index (χ2v) is 6.44. The quantitative estimate of drug-likeness (QED) is 0.907. The lowest BCUT2D eigenvalue weighted by Gasteiger charge is -2.28. The van der Waals surface area contributed by atoms with Crippen molar-refractivity contribution in [3.63, 3.8) is 0 Å². The molecule has 3 rings (SSSR count). The maximum Gasteiger partial charge on any atom is 0.0850 e. The molecule has 0 aliphatic carbocycles. The first-order chi connectivity index (χ1) is 9.63. The van der Waals surface area contributed by atoms with Crippen LogP contribution in [0.2, 0.25) is 5.02 Å². The first-order valence-corrected chi connectivity index (χ1v) is 8.04. The lowest BCUT2D eigenvalue weighted by Crippen LogP contribution is -2.40. The van der Waals surface area contributed by atoms with Crippen molar-refractivity contribution in [2.45, 2.75) is 57.3 Å². The van der Waals surface area contributed by atoms with E-state index in [4.69, 9.17) is 16.3 Å². The van der Waals surface area contributed by atoms with Crippen molar-refractivity contribution >= 4 is 11.6 Å². The second-order valence-electron chi connectivity index (χ2n) is 6.06. The number of halogens is 1. The summed E-state index contributed by atoms with van der Waals surface area (Å²) in [6.07, 6.45) is 6.39. The standard InChI is InChI=1S/C15H24ClN3O/c1-4-11-15(16)13(19(3)18-11)8-12(17-2)10-7-9-5-6-14(10)20-9/h9-10,12,14,17H,4-8H2,1-3H3. The first kappa shape index (κ1) is 14.4. The van der Waals surface area contributed by atoms with Gasteiger partial charge in [-0.3, -0.25) is 4.68 Å². The summed E-state index contributed by atoms with van der Waals surface area (Å²) in [6, 6.07) is 0.419. The molecule has 0 saturated carbocycles. The van der Waals surface area contributed by atoms with E-state index in [0.29, 0.717) is 24.2 Å². The Kier molecular flexibility index (Phi) is 4.07. The van der Waals surface area contributed by atoms with E-state index >= 15 is 0 Å². The van der Waals surface area contributed by atoms with Crippen molar-refractivity contribution in [1.82, 2.24) is 15.1 Å². The molecule has 112 valence electrons. The number of hydrogen-bond acceptors (Lipinski definition) is 3. The van der Waals surface area contributed by atoms with Gasteiger partial charge in [-0.1, -0.05) is 18.5 Å². The molecule has 4 nitrogen and oxygen atoms in total. The maximum absolute atomic E-state index is 6.47. The van der Waals surface area contributed by atoms with E-state index in [-0.39, 0.29) is 0 Å². The number of nitrogens with one attached hydrogen (secondary N) is 1. The number of aryl methyl sites for hydroxylation is 2. The molecule has 4 unspecified atom stereocenters. The van der Waals surface area contributed by atoms with Crippen LogP contribution in [-0.4, -0.2) is 35.1 Å². The third kappa shape index (κ3) is 2.38. The average molecular weight is 298 g/mol. The van der Waals surface area contributed by atoms with Crippen molar-refractivity contribution in [2.24, 2.45) is 13.0 Å². The second kappa shape index (κ2) is 5.66. The van der Waals surface area contributed by atoms with Crippen LogP contribution in [0.1, 0.15) is 37.6 Å². The van der Waals surface area contributed by atoms with Crippen LogP contribution in [0.25, 0.3) is 0 Å². The van der Waals surface area contributed by atoms with Gasteiger partial charge >= 0.3 is 0 Å². The summed E-state index contributed by atoms with van der Waals surface area (Å²) in [5, 5.41) is 8.84. The van der Waals surface area contributed by atoms with Crippen LogP contribution >= 0.6 is 11.6 Å². The van der Waals surface area contributed by atoms with Gasteiger partial charge in [-0.05, 0) is 32.7 Å². The molecule has 0 amide bonds. The molecule has 0 aromatic carbocycles. The van der Waals surface area contributed by atoms with Crippen molar-refractivity contribution in [3.05, 3.63) is 16.4 Å². The van der Waals surface area contributed by atoms with Gasteiger partial charge in [-0.15, -0.1) is 0 Å². The van der Waals surface area contributed by atoms with Crippen LogP contribution in [0.15, 0.2) is 0 Å². The third-order valence-corrected chi connectivity index (χ3v) is 5.39. The molecule has 2 aliphatic rings. The summed E-state index contributed by atoms with van der Waals surface area (Å²) < 4.78 is 7.94. The number of aromatic nitrogens is 2. The zero-order chi connectivity index (χ0) is 14.3.